The Morgan fingerprint density at radius 2 is 2.47 bits per heavy atom. The number of nitrogens with one attached hydrogen (secondary N) is 1. The van der Waals surface area contributed by atoms with Crippen molar-refractivity contribution in [2.24, 2.45) is 5.73 Å². The molecule has 0 saturated carbocycles. The highest BCUT2D eigenvalue weighted by Gasteiger charge is 2.06. The first-order chi connectivity index (χ1) is 7.25. The lowest BCUT2D eigenvalue weighted by molar-refractivity contribution is 0.300. The molecule has 15 heavy (non-hydrogen) atoms. The van der Waals surface area contributed by atoms with E-state index in [4.69, 9.17) is 22.3 Å². The molecule has 0 spiro atoms. The zero-order chi connectivity index (χ0) is 11.1. The molecule has 4 nitrogen and oxygen atoms in total. The molecule has 0 unspecified atom stereocenters. The van der Waals surface area contributed by atoms with Crippen LogP contribution in [0.1, 0.15) is 18.4 Å². The van der Waals surface area contributed by atoms with Crippen LogP contribution in [0.2, 0.25) is 0 Å². The maximum absolute atomic E-state index is 7.32. The van der Waals surface area contributed by atoms with Crippen molar-refractivity contribution in [3.8, 4) is 18.2 Å². The summed E-state index contributed by atoms with van der Waals surface area (Å²) in [5, 5.41) is 7.32. The first-order valence-corrected chi connectivity index (χ1v) is 4.61. The van der Waals surface area contributed by atoms with Gasteiger partial charge in [-0.15, -0.1) is 12.3 Å². The summed E-state index contributed by atoms with van der Waals surface area (Å²) in [5.41, 5.74) is 5.89. The van der Waals surface area contributed by atoms with E-state index in [1.54, 1.807) is 18.3 Å². The fourth-order valence-corrected chi connectivity index (χ4v) is 1.05. The lowest BCUT2D eigenvalue weighted by Crippen LogP contribution is -2.14. The third-order valence-corrected chi connectivity index (χ3v) is 1.77. The maximum atomic E-state index is 7.32. The van der Waals surface area contributed by atoms with Crippen LogP contribution in [0.15, 0.2) is 18.3 Å². The number of hydrogen-bond acceptors (Lipinski definition) is 3. The molecule has 1 aromatic rings. The normalized spacial score (nSPS) is 9.27. The van der Waals surface area contributed by atoms with Gasteiger partial charge >= 0.3 is 0 Å². The Morgan fingerprint density at radius 1 is 1.67 bits per heavy atom. The highest BCUT2D eigenvalue weighted by Crippen LogP contribution is 2.13. The van der Waals surface area contributed by atoms with Crippen molar-refractivity contribution in [1.29, 1.82) is 5.41 Å². The molecule has 1 aromatic heterocycles. The number of nitrogen functional groups attached to an aromatic ring is 1. The number of unbranched alkanes of at least 4 members (excludes halogenated alkanes) is 1. The summed E-state index contributed by atoms with van der Waals surface area (Å²) in [6.45, 7) is 0.488. The SMILES string of the molecule is C#CCCCOc1ncccc1C(=N)N. The number of rotatable bonds is 5. The van der Waals surface area contributed by atoms with Crippen molar-refractivity contribution >= 4 is 5.84 Å². The highest BCUT2D eigenvalue weighted by atomic mass is 16.5. The largest absolute Gasteiger partial charge is 0.477 e. The van der Waals surface area contributed by atoms with Gasteiger partial charge in [0.25, 0.3) is 0 Å². The molecule has 1 heterocycles. The molecule has 78 valence electrons. The number of ether oxygens (including phenoxy) is 1. The Balaban J connectivity index is 2.60. The molecule has 0 fully saturated rings. The monoisotopic (exact) mass is 203 g/mol. The van der Waals surface area contributed by atoms with Crippen molar-refractivity contribution in [2.45, 2.75) is 12.8 Å². The number of amidine groups is 1. The van der Waals surface area contributed by atoms with Crippen molar-refractivity contribution < 1.29 is 4.74 Å². The van der Waals surface area contributed by atoms with Crippen LogP contribution in [0.4, 0.5) is 0 Å². The van der Waals surface area contributed by atoms with E-state index in [1.165, 1.54) is 0 Å². The second kappa shape index (κ2) is 5.66. The average Bonchev–Trinajstić information content (AvgIpc) is 2.25. The molecule has 0 aliphatic rings. The maximum Gasteiger partial charge on any atom is 0.224 e. The molecule has 0 amide bonds. The van der Waals surface area contributed by atoms with Crippen LogP contribution in [0, 0.1) is 17.8 Å². The molecule has 0 saturated heterocycles. The predicted octanol–water partition coefficient (Wildman–Crippen LogP) is 1.16. The Bertz CT molecular complexity index is 382. The first-order valence-electron chi connectivity index (χ1n) is 4.61. The summed E-state index contributed by atoms with van der Waals surface area (Å²) in [4.78, 5) is 4.00. The Labute approximate surface area is 89.0 Å². The molecule has 3 N–H and O–H groups in total. The first kappa shape index (κ1) is 11.1. The Hall–Kier alpha value is -2.02. The molecule has 4 heteroatoms. The third kappa shape index (κ3) is 3.31. The molecule has 0 atom stereocenters. The molecular formula is C11H13N3O. The van der Waals surface area contributed by atoms with E-state index in [9.17, 15) is 0 Å². The van der Waals surface area contributed by atoms with Crippen LogP contribution >= 0.6 is 0 Å². The van der Waals surface area contributed by atoms with Gasteiger partial charge in [0, 0.05) is 12.6 Å². The number of pyridine rings is 1. The lowest BCUT2D eigenvalue weighted by Gasteiger charge is -2.07. The van der Waals surface area contributed by atoms with E-state index < -0.39 is 0 Å². The second-order valence-electron chi connectivity index (χ2n) is 2.93. The second-order valence-corrected chi connectivity index (χ2v) is 2.93. The highest BCUT2D eigenvalue weighted by molar-refractivity contribution is 5.96. The minimum atomic E-state index is -0.0463. The molecule has 0 aliphatic carbocycles. The van der Waals surface area contributed by atoms with Gasteiger partial charge in [0.2, 0.25) is 5.88 Å². The molecule has 0 bridgehead atoms. The number of nitrogens with zero attached hydrogens (tertiary/aromatic N) is 1. The van der Waals surface area contributed by atoms with Gasteiger partial charge < -0.3 is 10.5 Å². The zero-order valence-electron chi connectivity index (χ0n) is 8.36. The van der Waals surface area contributed by atoms with Crippen molar-refractivity contribution in [3.05, 3.63) is 23.9 Å². The van der Waals surface area contributed by atoms with Crippen LogP contribution < -0.4 is 10.5 Å². The number of hydrogen-bond donors (Lipinski definition) is 2. The van der Waals surface area contributed by atoms with Crippen molar-refractivity contribution in [1.82, 2.24) is 4.98 Å². The number of terminal acetylenes is 1. The van der Waals surface area contributed by atoms with Crippen LogP contribution in [0.25, 0.3) is 0 Å². The summed E-state index contributed by atoms with van der Waals surface area (Å²) in [6, 6.07) is 3.41. The Morgan fingerprint density at radius 3 is 3.13 bits per heavy atom. The van der Waals surface area contributed by atoms with Crippen molar-refractivity contribution in [3.63, 3.8) is 0 Å². The van der Waals surface area contributed by atoms with Crippen LogP contribution in [-0.2, 0) is 0 Å². The molecule has 1 rings (SSSR count). The van der Waals surface area contributed by atoms with Gasteiger partial charge in [0.15, 0.2) is 0 Å². The minimum Gasteiger partial charge on any atom is -0.477 e. The zero-order valence-corrected chi connectivity index (χ0v) is 8.36. The van der Waals surface area contributed by atoms with Gasteiger partial charge in [0.1, 0.15) is 5.84 Å². The van der Waals surface area contributed by atoms with E-state index in [-0.39, 0.29) is 5.84 Å². The smallest absolute Gasteiger partial charge is 0.224 e. The van der Waals surface area contributed by atoms with Gasteiger partial charge in [-0.1, -0.05) is 0 Å². The van der Waals surface area contributed by atoms with Gasteiger partial charge in [-0.25, -0.2) is 4.98 Å². The number of aromatic nitrogens is 1. The molecule has 0 aromatic carbocycles. The van der Waals surface area contributed by atoms with Crippen molar-refractivity contribution in [2.75, 3.05) is 6.61 Å². The van der Waals surface area contributed by atoms with Crippen LogP contribution in [0.5, 0.6) is 5.88 Å². The number of nitrogens with two attached hydrogens (primary N) is 1. The van der Waals surface area contributed by atoms with E-state index in [0.717, 1.165) is 6.42 Å². The summed E-state index contributed by atoms with van der Waals surface area (Å²) in [5.74, 6) is 2.87. The standard InChI is InChI=1S/C11H13N3O/c1-2-3-4-8-15-11-9(10(12)13)6-5-7-14-11/h1,5-7H,3-4,8H2,(H3,12,13). The Kier molecular flexibility index (Phi) is 4.17. The third-order valence-electron chi connectivity index (χ3n) is 1.77. The fourth-order valence-electron chi connectivity index (χ4n) is 1.05. The molecule has 0 aliphatic heterocycles. The van der Waals surface area contributed by atoms with E-state index in [2.05, 4.69) is 10.9 Å². The summed E-state index contributed by atoms with van der Waals surface area (Å²) >= 11 is 0. The fraction of sp³-hybridized carbons (Fsp3) is 0.273. The molecule has 0 radical (unpaired) electrons. The van der Waals surface area contributed by atoms with E-state index >= 15 is 0 Å². The van der Waals surface area contributed by atoms with Crippen LogP contribution in [-0.4, -0.2) is 17.4 Å². The lowest BCUT2D eigenvalue weighted by atomic mass is 10.2. The van der Waals surface area contributed by atoms with Gasteiger partial charge in [-0.3, -0.25) is 5.41 Å². The summed E-state index contributed by atoms with van der Waals surface area (Å²) in [6.07, 6.45) is 8.15. The van der Waals surface area contributed by atoms with Gasteiger partial charge in [-0.2, -0.15) is 0 Å². The van der Waals surface area contributed by atoms with Gasteiger partial charge in [0.05, 0.1) is 12.2 Å². The summed E-state index contributed by atoms with van der Waals surface area (Å²) < 4.78 is 5.37. The summed E-state index contributed by atoms with van der Waals surface area (Å²) in [7, 11) is 0. The van der Waals surface area contributed by atoms with E-state index in [1.807, 2.05) is 0 Å². The topological polar surface area (TPSA) is 72.0 Å². The van der Waals surface area contributed by atoms with E-state index in [0.29, 0.717) is 24.5 Å². The van der Waals surface area contributed by atoms with Gasteiger partial charge in [-0.05, 0) is 18.6 Å². The predicted molar refractivity (Wildman–Crippen MR) is 58.8 cm³/mol. The minimum absolute atomic E-state index is 0.0463. The quantitative estimate of drug-likeness (QED) is 0.326. The molecular weight excluding hydrogens is 190 g/mol. The average molecular weight is 203 g/mol. The van der Waals surface area contributed by atoms with Crippen LogP contribution in [0.3, 0.4) is 0 Å².